The molecule has 0 spiro atoms. The fourth-order valence-corrected chi connectivity index (χ4v) is 3.06. The van der Waals surface area contributed by atoms with Crippen LogP contribution < -0.4 is 5.32 Å². The fourth-order valence-electron chi connectivity index (χ4n) is 3.06. The number of nitrogens with one attached hydrogen (secondary N) is 1. The van der Waals surface area contributed by atoms with E-state index in [1.807, 2.05) is 6.92 Å². The van der Waals surface area contributed by atoms with Gasteiger partial charge in [0.05, 0.1) is 5.41 Å². The van der Waals surface area contributed by atoms with E-state index in [1.54, 1.807) is 16.8 Å². The van der Waals surface area contributed by atoms with E-state index in [0.717, 1.165) is 0 Å². The van der Waals surface area contributed by atoms with Gasteiger partial charge in [0, 0.05) is 39.1 Å². The number of hydrogen-bond donors (Lipinski definition) is 2. The van der Waals surface area contributed by atoms with E-state index in [9.17, 15) is 19.5 Å². The molecule has 118 valence electrons. The summed E-state index contributed by atoms with van der Waals surface area (Å²) in [5.41, 5.74) is -0.809. The maximum absolute atomic E-state index is 12.2. The van der Waals surface area contributed by atoms with Gasteiger partial charge in [-0.3, -0.25) is 9.59 Å². The molecule has 2 aliphatic rings. The fraction of sp³-hybridized carbons (Fsp3) is 0.786. The van der Waals surface area contributed by atoms with Gasteiger partial charge < -0.3 is 20.2 Å². The van der Waals surface area contributed by atoms with Crippen molar-refractivity contribution in [3.8, 4) is 0 Å². The van der Waals surface area contributed by atoms with Gasteiger partial charge in [0.2, 0.25) is 5.91 Å². The first-order valence-corrected chi connectivity index (χ1v) is 7.41. The number of likely N-dealkylation sites (tertiary alicyclic amines) is 2. The molecule has 0 bridgehead atoms. The van der Waals surface area contributed by atoms with Crippen LogP contribution in [0.5, 0.6) is 0 Å². The molecule has 2 heterocycles. The van der Waals surface area contributed by atoms with Crippen LogP contribution in [0.2, 0.25) is 0 Å². The lowest BCUT2D eigenvalue weighted by atomic mass is 9.84. The monoisotopic (exact) mass is 297 g/mol. The summed E-state index contributed by atoms with van der Waals surface area (Å²) in [7, 11) is 1.73. The van der Waals surface area contributed by atoms with E-state index in [-0.39, 0.29) is 24.5 Å². The van der Waals surface area contributed by atoms with Crippen molar-refractivity contribution in [2.45, 2.75) is 38.6 Å². The molecule has 2 rings (SSSR count). The minimum atomic E-state index is -0.830. The molecule has 0 aromatic rings. The third-order valence-electron chi connectivity index (χ3n) is 4.73. The van der Waals surface area contributed by atoms with E-state index < -0.39 is 11.4 Å². The molecule has 3 amide bonds. The molecular formula is C14H23N3O4. The third kappa shape index (κ3) is 3.11. The van der Waals surface area contributed by atoms with E-state index in [1.165, 1.54) is 0 Å². The predicted octanol–water partition coefficient (Wildman–Crippen LogP) is 0.504. The normalized spacial score (nSPS) is 29.6. The maximum atomic E-state index is 12.2. The summed E-state index contributed by atoms with van der Waals surface area (Å²) in [4.78, 5) is 38.2. The highest BCUT2D eigenvalue weighted by Gasteiger charge is 2.45. The van der Waals surface area contributed by atoms with E-state index >= 15 is 0 Å². The SMILES string of the molecule is CCC1(C(=O)O)CCN(C(=O)NC2CCC(=O)N(C)C2)C1. The van der Waals surface area contributed by atoms with Crippen molar-refractivity contribution in [2.75, 3.05) is 26.7 Å². The van der Waals surface area contributed by atoms with Gasteiger partial charge >= 0.3 is 12.0 Å². The zero-order valence-electron chi connectivity index (χ0n) is 12.6. The Bertz CT molecular complexity index is 454. The summed E-state index contributed by atoms with van der Waals surface area (Å²) in [6.45, 7) is 3.08. The van der Waals surface area contributed by atoms with Crippen LogP contribution in [-0.2, 0) is 9.59 Å². The average molecular weight is 297 g/mol. The smallest absolute Gasteiger partial charge is 0.317 e. The highest BCUT2D eigenvalue weighted by atomic mass is 16.4. The van der Waals surface area contributed by atoms with Gasteiger partial charge in [-0.15, -0.1) is 0 Å². The van der Waals surface area contributed by atoms with Crippen LogP contribution in [0.1, 0.15) is 32.6 Å². The molecule has 0 aromatic heterocycles. The van der Waals surface area contributed by atoms with Gasteiger partial charge in [0.25, 0.3) is 0 Å². The van der Waals surface area contributed by atoms with Gasteiger partial charge in [-0.1, -0.05) is 6.92 Å². The Balaban J connectivity index is 1.90. The summed E-state index contributed by atoms with van der Waals surface area (Å²) < 4.78 is 0. The first kappa shape index (κ1) is 15.6. The number of rotatable bonds is 3. The number of hydrogen-bond acceptors (Lipinski definition) is 3. The maximum Gasteiger partial charge on any atom is 0.317 e. The number of likely N-dealkylation sites (N-methyl/N-ethyl adjacent to an activating group) is 1. The van der Waals surface area contributed by atoms with Crippen LogP contribution in [0.4, 0.5) is 4.79 Å². The molecule has 2 atom stereocenters. The summed E-state index contributed by atoms with van der Waals surface area (Å²) in [6, 6.07) is -0.277. The molecular weight excluding hydrogens is 274 g/mol. The number of carboxylic acids is 1. The van der Waals surface area contributed by atoms with Crippen LogP contribution in [0.15, 0.2) is 0 Å². The second-order valence-electron chi connectivity index (χ2n) is 6.07. The van der Waals surface area contributed by atoms with Gasteiger partial charge in [0.1, 0.15) is 0 Å². The number of aliphatic carboxylic acids is 1. The Hall–Kier alpha value is -1.79. The van der Waals surface area contributed by atoms with E-state index in [2.05, 4.69) is 5.32 Å². The molecule has 7 nitrogen and oxygen atoms in total. The van der Waals surface area contributed by atoms with Crippen LogP contribution in [0.25, 0.3) is 0 Å². The van der Waals surface area contributed by atoms with Gasteiger partial charge in [0.15, 0.2) is 0 Å². The molecule has 21 heavy (non-hydrogen) atoms. The number of carbonyl (C=O) groups excluding carboxylic acids is 2. The highest BCUT2D eigenvalue weighted by Crippen LogP contribution is 2.34. The summed E-state index contributed by atoms with van der Waals surface area (Å²) >= 11 is 0. The van der Waals surface area contributed by atoms with Crippen molar-refractivity contribution in [3.05, 3.63) is 0 Å². The zero-order valence-corrected chi connectivity index (χ0v) is 12.6. The van der Waals surface area contributed by atoms with Gasteiger partial charge in [-0.2, -0.15) is 0 Å². The third-order valence-corrected chi connectivity index (χ3v) is 4.73. The van der Waals surface area contributed by atoms with Gasteiger partial charge in [-0.25, -0.2) is 4.79 Å². The molecule has 2 aliphatic heterocycles. The number of piperidine rings is 1. The van der Waals surface area contributed by atoms with Crippen molar-refractivity contribution in [1.82, 2.24) is 15.1 Å². The molecule has 0 aliphatic carbocycles. The summed E-state index contributed by atoms with van der Waals surface area (Å²) in [5, 5.41) is 12.3. The number of nitrogens with zero attached hydrogens (tertiary/aromatic N) is 2. The molecule has 2 N–H and O–H groups in total. The van der Waals surface area contributed by atoms with Crippen LogP contribution in [-0.4, -0.2) is 65.5 Å². The number of urea groups is 1. The lowest BCUT2D eigenvalue weighted by molar-refractivity contribution is -0.148. The minimum absolute atomic E-state index is 0.0540. The molecule has 0 radical (unpaired) electrons. The minimum Gasteiger partial charge on any atom is -0.481 e. The largest absolute Gasteiger partial charge is 0.481 e. The quantitative estimate of drug-likeness (QED) is 0.794. The lowest BCUT2D eigenvalue weighted by Gasteiger charge is -2.31. The highest BCUT2D eigenvalue weighted by molar-refractivity contribution is 5.80. The lowest BCUT2D eigenvalue weighted by Crippen LogP contribution is -2.52. The van der Waals surface area contributed by atoms with Crippen LogP contribution in [0, 0.1) is 5.41 Å². The number of amides is 3. The predicted molar refractivity (Wildman–Crippen MR) is 75.7 cm³/mol. The molecule has 7 heteroatoms. The molecule has 2 unspecified atom stereocenters. The average Bonchev–Trinajstić information content (AvgIpc) is 2.89. The van der Waals surface area contributed by atoms with Crippen molar-refractivity contribution < 1.29 is 19.5 Å². The van der Waals surface area contributed by atoms with Crippen molar-refractivity contribution in [2.24, 2.45) is 5.41 Å². The van der Waals surface area contributed by atoms with Crippen LogP contribution >= 0.6 is 0 Å². The Morgan fingerprint density at radius 2 is 2.19 bits per heavy atom. The molecule has 0 aromatic carbocycles. The second-order valence-corrected chi connectivity index (χ2v) is 6.07. The zero-order chi connectivity index (χ0) is 15.6. The number of carbonyl (C=O) groups is 3. The summed E-state index contributed by atoms with van der Waals surface area (Å²) in [6.07, 6.45) is 2.10. The first-order chi connectivity index (χ1) is 9.88. The second kappa shape index (κ2) is 5.91. The topological polar surface area (TPSA) is 90.0 Å². The number of carboxylic acid groups (broad SMARTS) is 1. The van der Waals surface area contributed by atoms with Crippen molar-refractivity contribution >= 4 is 17.9 Å². The van der Waals surface area contributed by atoms with E-state index in [0.29, 0.717) is 38.8 Å². The Morgan fingerprint density at radius 3 is 2.71 bits per heavy atom. The Kier molecular flexibility index (Phi) is 4.39. The molecule has 2 fully saturated rings. The Morgan fingerprint density at radius 1 is 1.48 bits per heavy atom. The summed E-state index contributed by atoms with van der Waals surface area (Å²) in [5.74, 6) is -0.735. The standard InChI is InChI=1S/C14H23N3O4/c1-3-14(12(19)20)6-7-17(9-14)13(21)15-10-4-5-11(18)16(2)8-10/h10H,3-9H2,1-2H3,(H,15,21)(H,19,20). The van der Waals surface area contributed by atoms with E-state index in [4.69, 9.17) is 0 Å². The van der Waals surface area contributed by atoms with Gasteiger partial charge in [-0.05, 0) is 19.3 Å². The molecule has 2 saturated heterocycles. The van der Waals surface area contributed by atoms with Crippen LogP contribution in [0.3, 0.4) is 0 Å². The van der Waals surface area contributed by atoms with Crippen molar-refractivity contribution in [1.29, 1.82) is 0 Å². The van der Waals surface area contributed by atoms with Crippen molar-refractivity contribution in [3.63, 3.8) is 0 Å². The Labute approximate surface area is 124 Å². The molecule has 0 saturated carbocycles. The first-order valence-electron chi connectivity index (χ1n) is 7.41.